The topological polar surface area (TPSA) is 94.0 Å². The third-order valence-electron chi connectivity index (χ3n) is 6.24. The van der Waals surface area contributed by atoms with E-state index < -0.39 is 6.04 Å². The number of aromatic nitrogens is 4. The maximum absolute atomic E-state index is 14.3. The number of carbonyl (C=O) groups is 1. The second-order valence-electron chi connectivity index (χ2n) is 8.85. The van der Waals surface area contributed by atoms with Gasteiger partial charge in [-0.25, -0.2) is 14.4 Å². The van der Waals surface area contributed by atoms with Crippen molar-refractivity contribution in [3.05, 3.63) is 83.2 Å². The van der Waals surface area contributed by atoms with Gasteiger partial charge < -0.3 is 15.4 Å². The molecule has 1 aliphatic heterocycles. The monoisotopic (exact) mass is 474 g/mol. The van der Waals surface area contributed by atoms with Crippen LogP contribution in [0.1, 0.15) is 46.1 Å². The quantitative estimate of drug-likeness (QED) is 0.440. The molecule has 5 rings (SSSR count). The third-order valence-corrected chi connectivity index (χ3v) is 6.24. The summed E-state index contributed by atoms with van der Waals surface area (Å²) in [5.74, 6) is 0.0295. The molecule has 3 aromatic heterocycles. The maximum atomic E-state index is 14.3. The van der Waals surface area contributed by atoms with E-state index in [0.717, 1.165) is 42.8 Å². The standard InChI is InChI=1S/C26H27FN6O2/c1-16-3-4-17(11-21(16)27)25(19-14-29-33(2)15-19)32-26(34)22-6-5-18-13-28-24(12-23(18)31-22)30-20-7-9-35-10-8-20/h3-6,11-15,20,25H,7-10H2,1-2H3,(H,28,30)(H,32,34)/t25-/m0/s1. The first-order valence-electron chi connectivity index (χ1n) is 11.6. The van der Waals surface area contributed by atoms with Gasteiger partial charge in [-0.3, -0.25) is 9.48 Å². The van der Waals surface area contributed by atoms with Gasteiger partial charge in [-0.2, -0.15) is 5.10 Å². The number of amides is 1. The Balaban J connectivity index is 1.41. The number of aryl methyl sites for hydroxylation is 2. The van der Waals surface area contributed by atoms with Crippen LogP contribution in [-0.2, 0) is 11.8 Å². The van der Waals surface area contributed by atoms with Gasteiger partial charge in [0.15, 0.2) is 0 Å². The highest BCUT2D eigenvalue weighted by Crippen LogP contribution is 2.25. The summed E-state index contributed by atoms with van der Waals surface area (Å²) in [6, 6.07) is 10.0. The summed E-state index contributed by atoms with van der Waals surface area (Å²) in [4.78, 5) is 22.3. The number of hydrogen-bond donors (Lipinski definition) is 2. The highest BCUT2D eigenvalue weighted by Gasteiger charge is 2.21. The molecule has 9 heteroatoms. The van der Waals surface area contributed by atoms with Crippen LogP contribution in [0.5, 0.6) is 0 Å². The van der Waals surface area contributed by atoms with E-state index in [1.54, 1.807) is 49.4 Å². The summed E-state index contributed by atoms with van der Waals surface area (Å²) >= 11 is 0. The van der Waals surface area contributed by atoms with Crippen molar-refractivity contribution >= 4 is 22.6 Å². The van der Waals surface area contributed by atoms with Crippen LogP contribution in [0.2, 0.25) is 0 Å². The predicted octanol–water partition coefficient (Wildman–Crippen LogP) is 3.92. The Kier molecular flexibility index (Phi) is 6.41. The van der Waals surface area contributed by atoms with Gasteiger partial charge in [0.1, 0.15) is 17.3 Å². The molecule has 4 heterocycles. The summed E-state index contributed by atoms with van der Waals surface area (Å²) in [5, 5.41) is 11.5. The van der Waals surface area contributed by atoms with Gasteiger partial charge in [-0.15, -0.1) is 0 Å². The van der Waals surface area contributed by atoms with E-state index in [-0.39, 0.29) is 17.4 Å². The lowest BCUT2D eigenvalue weighted by molar-refractivity contribution is 0.0903. The van der Waals surface area contributed by atoms with E-state index in [0.29, 0.717) is 22.7 Å². The Morgan fingerprint density at radius 2 is 1.97 bits per heavy atom. The number of nitrogens with one attached hydrogen (secondary N) is 2. The van der Waals surface area contributed by atoms with E-state index in [1.165, 1.54) is 6.07 Å². The average Bonchev–Trinajstić information content (AvgIpc) is 3.30. The van der Waals surface area contributed by atoms with Crippen LogP contribution in [-0.4, -0.2) is 44.9 Å². The van der Waals surface area contributed by atoms with Crippen molar-refractivity contribution in [2.45, 2.75) is 31.8 Å². The van der Waals surface area contributed by atoms with Gasteiger partial charge in [0.05, 0.1) is 17.8 Å². The minimum absolute atomic E-state index is 0.266. The van der Waals surface area contributed by atoms with Crippen LogP contribution >= 0.6 is 0 Å². The van der Waals surface area contributed by atoms with Crippen LogP contribution in [0, 0.1) is 12.7 Å². The van der Waals surface area contributed by atoms with Crippen LogP contribution < -0.4 is 10.6 Å². The molecule has 8 nitrogen and oxygen atoms in total. The van der Waals surface area contributed by atoms with Crippen LogP contribution in [0.15, 0.2) is 55.0 Å². The number of ether oxygens (including phenoxy) is 1. The molecule has 0 bridgehead atoms. The molecule has 0 radical (unpaired) electrons. The summed E-state index contributed by atoms with van der Waals surface area (Å²) in [6.07, 6.45) is 7.06. The van der Waals surface area contributed by atoms with Crippen molar-refractivity contribution in [3.63, 3.8) is 0 Å². The lowest BCUT2D eigenvalue weighted by Gasteiger charge is -2.23. The molecular weight excluding hydrogens is 447 g/mol. The van der Waals surface area contributed by atoms with Crippen molar-refractivity contribution < 1.29 is 13.9 Å². The van der Waals surface area contributed by atoms with Crippen molar-refractivity contribution in [2.75, 3.05) is 18.5 Å². The normalized spacial score (nSPS) is 15.2. The molecule has 0 aliphatic carbocycles. The fourth-order valence-electron chi connectivity index (χ4n) is 4.21. The minimum atomic E-state index is -0.577. The second kappa shape index (κ2) is 9.79. The lowest BCUT2D eigenvalue weighted by atomic mass is 9.99. The molecular formula is C26H27FN6O2. The van der Waals surface area contributed by atoms with Crippen LogP contribution in [0.4, 0.5) is 10.2 Å². The first kappa shape index (κ1) is 22.9. The molecule has 0 spiro atoms. The summed E-state index contributed by atoms with van der Waals surface area (Å²) in [6.45, 7) is 3.17. The molecule has 35 heavy (non-hydrogen) atoms. The molecule has 180 valence electrons. The molecule has 0 unspecified atom stereocenters. The van der Waals surface area contributed by atoms with Gasteiger partial charge >= 0.3 is 0 Å². The number of pyridine rings is 2. The number of benzene rings is 1. The second-order valence-corrected chi connectivity index (χ2v) is 8.85. The molecule has 1 amide bonds. The number of nitrogens with zero attached hydrogens (tertiary/aromatic N) is 4. The minimum Gasteiger partial charge on any atom is -0.381 e. The number of hydrogen-bond acceptors (Lipinski definition) is 6. The number of rotatable bonds is 6. The van der Waals surface area contributed by atoms with Gasteiger partial charge in [-0.05, 0) is 49.1 Å². The summed E-state index contributed by atoms with van der Waals surface area (Å²) < 4.78 is 21.4. The highest BCUT2D eigenvalue weighted by atomic mass is 19.1. The van der Waals surface area contributed by atoms with Crippen LogP contribution in [0.25, 0.3) is 10.9 Å². The molecule has 1 atom stereocenters. The summed E-state index contributed by atoms with van der Waals surface area (Å²) in [7, 11) is 1.79. The SMILES string of the molecule is Cc1ccc([C@H](NC(=O)c2ccc3cnc(NC4CCOCC4)cc3n2)c2cnn(C)c2)cc1F. The Bertz CT molecular complexity index is 1370. The van der Waals surface area contributed by atoms with Gasteiger partial charge in [-0.1, -0.05) is 12.1 Å². The number of fused-ring (bicyclic) bond motifs is 1. The van der Waals surface area contributed by atoms with Crippen LogP contribution in [0.3, 0.4) is 0 Å². The molecule has 0 saturated carbocycles. The molecule has 4 aromatic rings. The number of carbonyl (C=O) groups excluding carboxylic acids is 1. The first-order valence-corrected chi connectivity index (χ1v) is 11.6. The molecule has 1 saturated heterocycles. The zero-order valence-electron chi connectivity index (χ0n) is 19.7. The predicted molar refractivity (Wildman–Crippen MR) is 131 cm³/mol. The number of anilines is 1. The van der Waals surface area contributed by atoms with E-state index >= 15 is 0 Å². The van der Waals surface area contributed by atoms with E-state index in [9.17, 15) is 9.18 Å². The average molecular weight is 475 g/mol. The van der Waals surface area contributed by atoms with E-state index in [2.05, 4.69) is 25.7 Å². The maximum Gasteiger partial charge on any atom is 0.270 e. The van der Waals surface area contributed by atoms with Crippen molar-refractivity contribution in [1.82, 2.24) is 25.1 Å². The van der Waals surface area contributed by atoms with Gasteiger partial charge in [0.2, 0.25) is 0 Å². The van der Waals surface area contributed by atoms with Crippen molar-refractivity contribution in [3.8, 4) is 0 Å². The Hall–Kier alpha value is -3.85. The fraction of sp³-hybridized carbons (Fsp3) is 0.308. The largest absolute Gasteiger partial charge is 0.381 e. The smallest absolute Gasteiger partial charge is 0.270 e. The fourth-order valence-corrected chi connectivity index (χ4v) is 4.21. The van der Waals surface area contributed by atoms with E-state index in [4.69, 9.17) is 4.74 Å². The van der Waals surface area contributed by atoms with Gasteiger partial charge in [0.25, 0.3) is 5.91 Å². The summed E-state index contributed by atoms with van der Waals surface area (Å²) in [5.41, 5.74) is 2.85. The molecule has 1 aromatic carbocycles. The zero-order chi connectivity index (χ0) is 24.4. The number of halogens is 1. The van der Waals surface area contributed by atoms with Crippen molar-refractivity contribution in [2.24, 2.45) is 7.05 Å². The zero-order valence-corrected chi connectivity index (χ0v) is 19.7. The van der Waals surface area contributed by atoms with E-state index in [1.807, 2.05) is 18.2 Å². The molecule has 1 fully saturated rings. The van der Waals surface area contributed by atoms with Gasteiger partial charge in [0, 0.05) is 55.7 Å². The highest BCUT2D eigenvalue weighted by molar-refractivity contribution is 5.95. The first-order chi connectivity index (χ1) is 17.0. The Morgan fingerprint density at radius 3 is 2.71 bits per heavy atom. The molecule has 2 N–H and O–H groups in total. The van der Waals surface area contributed by atoms with Crippen molar-refractivity contribution in [1.29, 1.82) is 0 Å². The lowest BCUT2D eigenvalue weighted by Crippen LogP contribution is -2.30. The molecule has 1 aliphatic rings. The third kappa shape index (κ3) is 5.14. The Morgan fingerprint density at radius 1 is 1.14 bits per heavy atom. The Labute approximate surface area is 202 Å².